The lowest BCUT2D eigenvalue weighted by atomic mass is 10.1. The fourth-order valence-corrected chi connectivity index (χ4v) is 3.39. The van der Waals surface area contributed by atoms with Crippen LogP contribution in [0.1, 0.15) is 6.23 Å². The van der Waals surface area contributed by atoms with Gasteiger partial charge in [0.15, 0.2) is 6.23 Å². The van der Waals surface area contributed by atoms with Crippen LogP contribution in [0.4, 0.5) is 0 Å². The minimum absolute atomic E-state index is 0.185. The molecule has 2 aromatic heterocycles. The minimum atomic E-state index is -1.10. The predicted octanol–water partition coefficient (Wildman–Crippen LogP) is 1.11. The summed E-state index contributed by atoms with van der Waals surface area (Å²) in [6, 6.07) is 0. The van der Waals surface area contributed by atoms with Gasteiger partial charge >= 0.3 is 0 Å². The summed E-state index contributed by atoms with van der Waals surface area (Å²) in [5, 5.41) is 21.1. The Morgan fingerprint density at radius 3 is 2.90 bits per heavy atom. The summed E-state index contributed by atoms with van der Waals surface area (Å²) < 4.78 is 13.0. The third kappa shape index (κ3) is 2.45. The van der Waals surface area contributed by atoms with E-state index in [2.05, 4.69) is 25.9 Å². The molecule has 9 heteroatoms. The summed E-state index contributed by atoms with van der Waals surface area (Å²) in [6.07, 6.45) is -0.493. The predicted molar refractivity (Wildman–Crippen MR) is 78.0 cm³/mol. The monoisotopic (exact) mass is 377 g/mol. The van der Waals surface area contributed by atoms with Gasteiger partial charge in [0.25, 0.3) is 0 Å². The fourth-order valence-electron chi connectivity index (χ4n) is 2.46. The molecule has 0 bridgehead atoms. The van der Waals surface area contributed by atoms with Gasteiger partial charge in [0.1, 0.15) is 35.4 Å². The third-order valence-corrected chi connectivity index (χ3v) is 4.35. The normalized spacial score (nSPS) is 29.4. The van der Waals surface area contributed by atoms with Crippen molar-refractivity contribution in [1.29, 1.82) is 0 Å². The summed E-state index contributed by atoms with van der Waals surface area (Å²) in [5.41, 5.74) is 0.510. The van der Waals surface area contributed by atoms with Crippen LogP contribution in [0.15, 0.2) is 17.0 Å². The van der Waals surface area contributed by atoms with E-state index in [0.29, 0.717) is 20.7 Å². The quantitative estimate of drug-likeness (QED) is 0.778. The first-order valence-corrected chi connectivity index (χ1v) is 7.38. The van der Waals surface area contributed by atoms with Gasteiger partial charge in [-0.2, -0.15) is 0 Å². The van der Waals surface area contributed by atoms with Gasteiger partial charge in [-0.1, -0.05) is 11.6 Å². The molecule has 7 nitrogen and oxygen atoms in total. The van der Waals surface area contributed by atoms with Gasteiger partial charge in [0.05, 0.1) is 12.0 Å². The highest BCUT2D eigenvalue weighted by Crippen LogP contribution is 2.36. The number of ether oxygens (including phenoxy) is 2. The number of halogens is 2. The molecule has 1 aliphatic rings. The van der Waals surface area contributed by atoms with Crippen LogP contribution >= 0.6 is 27.5 Å². The summed E-state index contributed by atoms with van der Waals surface area (Å²) >= 11 is 9.45. The van der Waals surface area contributed by atoms with E-state index in [1.54, 1.807) is 10.8 Å². The zero-order valence-corrected chi connectivity index (χ0v) is 13.3. The maximum atomic E-state index is 10.2. The second kappa shape index (κ2) is 5.79. The van der Waals surface area contributed by atoms with E-state index >= 15 is 0 Å². The molecule has 2 aromatic rings. The average molecular weight is 379 g/mol. The van der Waals surface area contributed by atoms with Crippen LogP contribution in [-0.2, 0) is 9.47 Å². The number of hydrogen-bond donors (Lipinski definition) is 2. The summed E-state index contributed by atoms with van der Waals surface area (Å²) in [4.78, 5) is 8.10. The summed E-state index contributed by atoms with van der Waals surface area (Å²) in [7, 11) is 1.50. The number of aliphatic hydroxyl groups is 2. The average Bonchev–Trinajstić information content (AvgIpc) is 2.93. The number of hydrogen-bond acceptors (Lipinski definition) is 6. The van der Waals surface area contributed by atoms with Gasteiger partial charge in [-0.15, -0.1) is 0 Å². The van der Waals surface area contributed by atoms with Crippen molar-refractivity contribution in [2.45, 2.75) is 24.5 Å². The molecule has 3 rings (SSSR count). The lowest BCUT2D eigenvalue weighted by molar-refractivity contribution is -0.0578. The zero-order chi connectivity index (χ0) is 15.1. The number of rotatable bonds is 3. The highest BCUT2D eigenvalue weighted by atomic mass is 79.9. The molecule has 0 radical (unpaired) electrons. The first kappa shape index (κ1) is 15.1. The molecule has 0 unspecified atom stereocenters. The lowest BCUT2D eigenvalue weighted by Crippen LogP contribution is -2.33. The summed E-state index contributed by atoms with van der Waals surface area (Å²) in [5.74, 6) is 0. The van der Waals surface area contributed by atoms with Gasteiger partial charge in [0, 0.05) is 17.8 Å². The molecule has 0 aliphatic carbocycles. The van der Waals surface area contributed by atoms with Crippen molar-refractivity contribution in [2.24, 2.45) is 0 Å². The van der Waals surface area contributed by atoms with Crippen LogP contribution < -0.4 is 0 Å². The minimum Gasteiger partial charge on any atom is -0.387 e. The van der Waals surface area contributed by atoms with Gasteiger partial charge in [-0.25, -0.2) is 9.97 Å². The van der Waals surface area contributed by atoms with Crippen molar-refractivity contribution in [3.63, 3.8) is 0 Å². The number of nitrogens with zero attached hydrogens (tertiary/aromatic N) is 3. The molecule has 0 aromatic carbocycles. The highest BCUT2D eigenvalue weighted by molar-refractivity contribution is 9.10. The van der Waals surface area contributed by atoms with E-state index in [4.69, 9.17) is 21.1 Å². The molecule has 4 atom stereocenters. The van der Waals surface area contributed by atoms with Crippen LogP contribution in [0.5, 0.6) is 0 Å². The molecule has 2 N–H and O–H groups in total. The van der Waals surface area contributed by atoms with Crippen molar-refractivity contribution in [3.05, 3.63) is 22.1 Å². The standard InChI is InChI=1S/C12H13BrClN3O4/c1-20-3-6-8(18)9(19)12(21-6)17-2-5(13)7-10(14)15-4-16-11(7)17/h2,4,6,8-9,12,18-19H,3H2,1H3/t6-,8+,9+,12+/m0/s1. The largest absolute Gasteiger partial charge is 0.387 e. The Balaban J connectivity index is 2.03. The van der Waals surface area contributed by atoms with E-state index in [1.165, 1.54) is 13.4 Å². The van der Waals surface area contributed by atoms with Crippen molar-refractivity contribution >= 4 is 38.6 Å². The first-order chi connectivity index (χ1) is 10.0. The third-order valence-electron chi connectivity index (χ3n) is 3.46. The maximum Gasteiger partial charge on any atom is 0.164 e. The lowest BCUT2D eigenvalue weighted by Gasteiger charge is -2.17. The number of aliphatic hydroxyl groups excluding tert-OH is 2. The van der Waals surface area contributed by atoms with Crippen LogP contribution in [0.3, 0.4) is 0 Å². The Morgan fingerprint density at radius 2 is 2.19 bits per heavy atom. The first-order valence-electron chi connectivity index (χ1n) is 6.21. The Kier molecular flexibility index (Phi) is 4.17. The van der Waals surface area contributed by atoms with Gasteiger partial charge in [0.2, 0.25) is 0 Å². The van der Waals surface area contributed by atoms with Crippen LogP contribution in [0.25, 0.3) is 11.0 Å². The van der Waals surface area contributed by atoms with Crippen molar-refractivity contribution < 1.29 is 19.7 Å². The Bertz CT molecular complexity index is 667. The van der Waals surface area contributed by atoms with Gasteiger partial charge < -0.3 is 24.3 Å². The molecule has 1 fully saturated rings. The van der Waals surface area contributed by atoms with Crippen LogP contribution in [-0.4, -0.2) is 56.8 Å². The van der Waals surface area contributed by atoms with Crippen molar-refractivity contribution in [3.8, 4) is 0 Å². The smallest absolute Gasteiger partial charge is 0.164 e. The topological polar surface area (TPSA) is 89.6 Å². The number of methoxy groups -OCH3 is 1. The second-order valence-electron chi connectivity index (χ2n) is 4.75. The Hall–Kier alpha value is -0.770. The number of aromatic nitrogens is 3. The van der Waals surface area contributed by atoms with E-state index in [0.717, 1.165) is 0 Å². The SMILES string of the molecule is COC[C@@H]1O[C@@H](n2cc(Br)c3c(Cl)ncnc32)[C@H](O)[C@@H]1O. The van der Waals surface area contributed by atoms with E-state index < -0.39 is 24.5 Å². The maximum absolute atomic E-state index is 10.2. The Labute approximate surface area is 133 Å². The van der Waals surface area contributed by atoms with E-state index in [1.807, 2.05) is 0 Å². The summed E-state index contributed by atoms with van der Waals surface area (Å²) in [6.45, 7) is 0.185. The van der Waals surface area contributed by atoms with Crippen molar-refractivity contribution in [1.82, 2.24) is 14.5 Å². The van der Waals surface area contributed by atoms with Crippen LogP contribution in [0.2, 0.25) is 5.15 Å². The molecule has 3 heterocycles. The molecular weight excluding hydrogens is 366 g/mol. The van der Waals surface area contributed by atoms with Gasteiger partial charge in [-0.3, -0.25) is 0 Å². The van der Waals surface area contributed by atoms with Crippen LogP contribution in [0, 0.1) is 0 Å². The molecule has 1 saturated heterocycles. The highest BCUT2D eigenvalue weighted by Gasteiger charge is 2.44. The second-order valence-corrected chi connectivity index (χ2v) is 5.96. The van der Waals surface area contributed by atoms with E-state index in [9.17, 15) is 10.2 Å². The fraction of sp³-hybridized carbons (Fsp3) is 0.500. The van der Waals surface area contributed by atoms with Crippen molar-refractivity contribution in [2.75, 3.05) is 13.7 Å². The Morgan fingerprint density at radius 1 is 1.43 bits per heavy atom. The molecule has 0 amide bonds. The zero-order valence-electron chi connectivity index (χ0n) is 11.0. The molecule has 1 aliphatic heterocycles. The molecule has 21 heavy (non-hydrogen) atoms. The molecule has 114 valence electrons. The molecule has 0 saturated carbocycles. The van der Waals surface area contributed by atoms with E-state index in [-0.39, 0.29) is 6.61 Å². The van der Waals surface area contributed by atoms with Gasteiger partial charge in [-0.05, 0) is 15.9 Å². The molecular formula is C12H13BrClN3O4. The number of fused-ring (bicyclic) bond motifs is 1. The molecule has 0 spiro atoms.